The SMILES string of the molecule is COC(=O)c1cc(OC2CCC(C)(C)CC2)c(F)cc1N. The van der Waals surface area contributed by atoms with E-state index >= 15 is 0 Å². The number of methoxy groups -OCH3 is 1. The summed E-state index contributed by atoms with van der Waals surface area (Å²) in [6.07, 6.45) is 3.81. The molecule has 4 nitrogen and oxygen atoms in total. The molecule has 1 aromatic rings. The molecule has 0 unspecified atom stereocenters. The van der Waals surface area contributed by atoms with Gasteiger partial charge in [0.25, 0.3) is 0 Å². The zero-order valence-corrected chi connectivity index (χ0v) is 12.7. The van der Waals surface area contributed by atoms with Crippen LogP contribution in [0.1, 0.15) is 49.9 Å². The van der Waals surface area contributed by atoms with Gasteiger partial charge in [0.2, 0.25) is 0 Å². The molecule has 21 heavy (non-hydrogen) atoms. The van der Waals surface area contributed by atoms with Crippen molar-refractivity contribution in [3.05, 3.63) is 23.5 Å². The first-order chi connectivity index (χ1) is 9.82. The fraction of sp³-hybridized carbons (Fsp3) is 0.562. The first kappa shape index (κ1) is 15.6. The first-order valence-corrected chi connectivity index (χ1v) is 7.16. The standard InChI is InChI=1S/C16H22FNO3/c1-16(2)6-4-10(5-7-16)21-14-8-11(15(19)20-3)13(18)9-12(14)17/h8-10H,4-7,18H2,1-3H3. The Morgan fingerprint density at radius 2 is 1.95 bits per heavy atom. The maximum Gasteiger partial charge on any atom is 0.340 e. The van der Waals surface area contributed by atoms with E-state index < -0.39 is 11.8 Å². The van der Waals surface area contributed by atoms with E-state index in [0.717, 1.165) is 31.7 Å². The smallest absolute Gasteiger partial charge is 0.340 e. The van der Waals surface area contributed by atoms with Crippen molar-refractivity contribution in [3.8, 4) is 5.75 Å². The van der Waals surface area contributed by atoms with Crippen molar-refractivity contribution in [1.82, 2.24) is 0 Å². The number of halogens is 1. The van der Waals surface area contributed by atoms with Gasteiger partial charge in [-0.3, -0.25) is 0 Å². The summed E-state index contributed by atoms with van der Waals surface area (Å²) < 4.78 is 24.3. The van der Waals surface area contributed by atoms with E-state index in [1.807, 2.05) is 0 Å². The summed E-state index contributed by atoms with van der Waals surface area (Å²) in [7, 11) is 1.26. The minimum atomic E-state index is -0.595. The zero-order chi connectivity index (χ0) is 15.6. The molecule has 2 rings (SSSR count). The largest absolute Gasteiger partial charge is 0.487 e. The highest BCUT2D eigenvalue weighted by atomic mass is 19.1. The number of carbonyl (C=O) groups is 1. The highest BCUT2D eigenvalue weighted by Crippen LogP contribution is 2.37. The van der Waals surface area contributed by atoms with Crippen LogP contribution in [0.15, 0.2) is 12.1 Å². The van der Waals surface area contributed by atoms with Gasteiger partial charge in [-0.1, -0.05) is 13.8 Å². The summed E-state index contributed by atoms with van der Waals surface area (Å²) in [5, 5.41) is 0. The van der Waals surface area contributed by atoms with Crippen LogP contribution in [0.2, 0.25) is 0 Å². The van der Waals surface area contributed by atoms with Gasteiger partial charge in [0.15, 0.2) is 11.6 Å². The van der Waals surface area contributed by atoms with Crippen molar-refractivity contribution in [3.63, 3.8) is 0 Å². The van der Waals surface area contributed by atoms with Gasteiger partial charge >= 0.3 is 5.97 Å². The van der Waals surface area contributed by atoms with Gasteiger partial charge in [0, 0.05) is 11.8 Å². The molecule has 0 heterocycles. The van der Waals surface area contributed by atoms with Crippen LogP contribution in [-0.4, -0.2) is 19.2 Å². The minimum Gasteiger partial charge on any atom is -0.487 e. The third-order valence-electron chi connectivity index (χ3n) is 4.09. The highest BCUT2D eigenvalue weighted by Gasteiger charge is 2.28. The number of anilines is 1. The lowest BCUT2D eigenvalue weighted by atomic mass is 9.76. The summed E-state index contributed by atoms with van der Waals surface area (Å²) in [6, 6.07) is 2.44. The Kier molecular flexibility index (Phi) is 4.40. The van der Waals surface area contributed by atoms with Crippen LogP contribution in [0.3, 0.4) is 0 Å². The lowest BCUT2D eigenvalue weighted by Crippen LogP contribution is -2.28. The minimum absolute atomic E-state index is 0.0263. The molecule has 0 atom stereocenters. The Bertz CT molecular complexity index is 533. The Labute approximate surface area is 124 Å². The molecular weight excluding hydrogens is 273 g/mol. The van der Waals surface area contributed by atoms with E-state index in [-0.39, 0.29) is 23.1 Å². The zero-order valence-electron chi connectivity index (χ0n) is 12.7. The van der Waals surface area contributed by atoms with Gasteiger partial charge in [-0.2, -0.15) is 0 Å². The summed E-state index contributed by atoms with van der Waals surface area (Å²) in [6.45, 7) is 4.45. The van der Waals surface area contributed by atoms with E-state index in [1.165, 1.54) is 13.2 Å². The van der Waals surface area contributed by atoms with Crippen LogP contribution in [-0.2, 0) is 4.74 Å². The van der Waals surface area contributed by atoms with Crippen molar-refractivity contribution in [2.45, 2.75) is 45.6 Å². The Morgan fingerprint density at radius 1 is 1.33 bits per heavy atom. The van der Waals surface area contributed by atoms with E-state index in [2.05, 4.69) is 18.6 Å². The van der Waals surface area contributed by atoms with Crippen LogP contribution in [0.25, 0.3) is 0 Å². The second-order valence-corrected chi connectivity index (χ2v) is 6.34. The number of hydrogen-bond donors (Lipinski definition) is 1. The fourth-order valence-corrected chi connectivity index (χ4v) is 2.62. The molecule has 1 aliphatic rings. The third kappa shape index (κ3) is 3.65. The van der Waals surface area contributed by atoms with Crippen LogP contribution in [0.5, 0.6) is 5.75 Å². The molecule has 0 aliphatic heterocycles. The van der Waals surface area contributed by atoms with E-state index in [0.29, 0.717) is 5.41 Å². The number of benzene rings is 1. The predicted molar refractivity (Wildman–Crippen MR) is 78.8 cm³/mol. The van der Waals surface area contributed by atoms with Crippen LogP contribution < -0.4 is 10.5 Å². The quantitative estimate of drug-likeness (QED) is 0.684. The molecule has 1 aromatic carbocycles. The van der Waals surface area contributed by atoms with Crippen molar-refractivity contribution >= 4 is 11.7 Å². The summed E-state index contributed by atoms with van der Waals surface area (Å²) in [4.78, 5) is 11.6. The van der Waals surface area contributed by atoms with Gasteiger partial charge in [-0.15, -0.1) is 0 Å². The third-order valence-corrected chi connectivity index (χ3v) is 4.09. The monoisotopic (exact) mass is 295 g/mol. The average molecular weight is 295 g/mol. The number of ether oxygens (including phenoxy) is 2. The van der Waals surface area contributed by atoms with Crippen molar-refractivity contribution in [2.75, 3.05) is 12.8 Å². The molecule has 1 fully saturated rings. The number of carbonyl (C=O) groups excluding carboxylic acids is 1. The molecule has 0 aromatic heterocycles. The maximum absolute atomic E-state index is 13.9. The lowest BCUT2D eigenvalue weighted by molar-refractivity contribution is 0.0599. The number of esters is 1. The molecular formula is C16H22FNO3. The van der Waals surface area contributed by atoms with Gasteiger partial charge in [-0.25, -0.2) is 9.18 Å². The number of nitrogens with two attached hydrogens (primary N) is 1. The lowest BCUT2D eigenvalue weighted by Gasteiger charge is -2.34. The second kappa shape index (κ2) is 5.92. The molecule has 1 aliphatic carbocycles. The maximum atomic E-state index is 13.9. The summed E-state index contributed by atoms with van der Waals surface area (Å²) >= 11 is 0. The van der Waals surface area contributed by atoms with Gasteiger partial charge in [0.05, 0.1) is 18.8 Å². The van der Waals surface area contributed by atoms with E-state index in [4.69, 9.17) is 10.5 Å². The topological polar surface area (TPSA) is 61.5 Å². The summed E-state index contributed by atoms with van der Waals surface area (Å²) in [5.41, 5.74) is 6.14. The Balaban J connectivity index is 2.15. The molecule has 0 saturated heterocycles. The van der Waals surface area contributed by atoms with Crippen molar-refractivity contribution < 1.29 is 18.7 Å². The normalized spacial score (nSPS) is 18.3. The predicted octanol–water partition coefficient (Wildman–Crippen LogP) is 3.54. The number of nitrogen functional groups attached to an aromatic ring is 1. The first-order valence-electron chi connectivity index (χ1n) is 7.16. The van der Waals surface area contributed by atoms with Gasteiger partial charge in [-0.05, 0) is 37.2 Å². The molecule has 0 bridgehead atoms. The van der Waals surface area contributed by atoms with Crippen LogP contribution in [0.4, 0.5) is 10.1 Å². The van der Waals surface area contributed by atoms with Gasteiger partial charge < -0.3 is 15.2 Å². The summed E-state index contributed by atoms with van der Waals surface area (Å²) in [5.74, 6) is -1.08. The van der Waals surface area contributed by atoms with Crippen LogP contribution in [0, 0.1) is 11.2 Å². The second-order valence-electron chi connectivity index (χ2n) is 6.34. The molecule has 5 heteroatoms. The number of hydrogen-bond acceptors (Lipinski definition) is 4. The van der Waals surface area contributed by atoms with Crippen molar-refractivity contribution in [1.29, 1.82) is 0 Å². The van der Waals surface area contributed by atoms with Gasteiger partial charge in [0.1, 0.15) is 0 Å². The highest BCUT2D eigenvalue weighted by molar-refractivity contribution is 5.95. The fourth-order valence-electron chi connectivity index (χ4n) is 2.62. The van der Waals surface area contributed by atoms with Crippen molar-refractivity contribution in [2.24, 2.45) is 5.41 Å². The molecule has 116 valence electrons. The molecule has 2 N–H and O–H groups in total. The van der Waals surface area contributed by atoms with E-state index in [9.17, 15) is 9.18 Å². The molecule has 0 spiro atoms. The molecule has 1 saturated carbocycles. The number of rotatable bonds is 3. The molecule has 0 radical (unpaired) electrons. The Hall–Kier alpha value is -1.78. The molecule has 0 amide bonds. The Morgan fingerprint density at radius 3 is 2.52 bits per heavy atom. The van der Waals surface area contributed by atoms with Crippen LogP contribution >= 0.6 is 0 Å². The average Bonchev–Trinajstić information content (AvgIpc) is 2.43. The van der Waals surface area contributed by atoms with E-state index in [1.54, 1.807) is 0 Å².